The summed E-state index contributed by atoms with van der Waals surface area (Å²) in [4.78, 5) is 0. The molecule has 20 heavy (non-hydrogen) atoms. The molecule has 0 aromatic heterocycles. The zero-order valence-electron chi connectivity index (χ0n) is 12.1. The van der Waals surface area contributed by atoms with Crippen molar-refractivity contribution in [2.75, 3.05) is 6.54 Å². The van der Waals surface area contributed by atoms with Gasteiger partial charge in [-0.1, -0.05) is 25.5 Å². The molecule has 2 atom stereocenters. The van der Waals surface area contributed by atoms with Gasteiger partial charge in [-0.15, -0.1) is 0 Å². The lowest BCUT2D eigenvalue weighted by Crippen LogP contribution is -2.38. The molecule has 2 N–H and O–H groups in total. The molecule has 0 amide bonds. The van der Waals surface area contributed by atoms with Gasteiger partial charge in [0.2, 0.25) is 0 Å². The minimum atomic E-state index is -4.33. The monoisotopic (exact) mass is 289 g/mol. The fraction of sp³-hybridized carbons (Fsp3) is 0.600. The van der Waals surface area contributed by atoms with Crippen LogP contribution in [-0.4, -0.2) is 17.3 Å². The Hall–Kier alpha value is -1.07. The second-order valence-electron chi connectivity index (χ2n) is 5.47. The summed E-state index contributed by atoms with van der Waals surface area (Å²) in [5.74, 6) is 0. The molecule has 0 aliphatic rings. The number of halogens is 3. The van der Waals surface area contributed by atoms with Crippen LogP contribution in [0.1, 0.15) is 50.8 Å². The zero-order chi connectivity index (χ0) is 15.4. The summed E-state index contributed by atoms with van der Waals surface area (Å²) in [6, 6.07) is 5.01. The maximum Gasteiger partial charge on any atom is 0.416 e. The van der Waals surface area contributed by atoms with Crippen molar-refractivity contribution in [2.45, 2.75) is 51.4 Å². The summed E-state index contributed by atoms with van der Waals surface area (Å²) >= 11 is 0. The minimum absolute atomic E-state index is 0.249. The molecular formula is C15H22F3NO. The summed E-state index contributed by atoms with van der Waals surface area (Å²) in [7, 11) is 0. The van der Waals surface area contributed by atoms with Crippen LogP contribution >= 0.6 is 0 Å². The summed E-state index contributed by atoms with van der Waals surface area (Å²) in [6.45, 7) is 5.84. The van der Waals surface area contributed by atoms with Crippen molar-refractivity contribution < 1.29 is 18.3 Å². The van der Waals surface area contributed by atoms with Gasteiger partial charge >= 0.3 is 6.18 Å². The molecule has 0 spiro atoms. The van der Waals surface area contributed by atoms with E-state index in [1.165, 1.54) is 6.07 Å². The molecule has 1 aromatic rings. The fourth-order valence-electron chi connectivity index (χ4n) is 2.10. The lowest BCUT2D eigenvalue weighted by molar-refractivity contribution is -0.137. The summed E-state index contributed by atoms with van der Waals surface area (Å²) in [6.07, 6.45) is -2.83. The molecule has 0 radical (unpaired) electrons. The number of rotatable bonds is 6. The number of alkyl halides is 3. The highest BCUT2D eigenvalue weighted by Gasteiger charge is 2.30. The van der Waals surface area contributed by atoms with Gasteiger partial charge in [0.1, 0.15) is 0 Å². The molecule has 114 valence electrons. The van der Waals surface area contributed by atoms with E-state index < -0.39 is 17.3 Å². The molecular weight excluding hydrogens is 267 g/mol. The van der Waals surface area contributed by atoms with Gasteiger partial charge in [0, 0.05) is 12.6 Å². The van der Waals surface area contributed by atoms with Crippen LogP contribution in [0.3, 0.4) is 0 Å². The first kappa shape index (κ1) is 17.0. The van der Waals surface area contributed by atoms with Crippen molar-refractivity contribution >= 4 is 0 Å². The van der Waals surface area contributed by atoms with Gasteiger partial charge in [-0.2, -0.15) is 13.2 Å². The van der Waals surface area contributed by atoms with Crippen LogP contribution in [0.5, 0.6) is 0 Å². The van der Waals surface area contributed by atoms with Crippen molar-refractivity contribution in [3.05, 3.63) is 35.4 Å². The minimum Gasteiger partial charge on any atom is -0.389 e. The van der Waals surface area contributed by atoms with Crippen LogP contribution in [-0.2, 0) is 6.18 Å². The third kappa shape index (κ3) is 5.13. The topological polar surface area (TPSA) is 32.3 Å². The SMILES string of the molecule is CCCC(C)(O)CNC(C)c1cccc(C(F)(F)F)c1. The largest absolute Gasteiger partial charge is 0.416 e. The smallest absolute Gasteiger partial charge is 0.389 e. The Kier molecular flexibility index (Phi) is 5.59. The van der Waals surface area contributed by atoms with Gasteiger partial charge in [-0.3, -0.25) is 0 Å². The van der Waals surface area contributed by atoms with Crippen LogP contribution in [0.2, 0.25) is 0 Å². The Labute approximate surface area is 118 Å². The molecule has 0 aliphatic heterocycles. The number of hydrogen-bond acceptors (Lipinski definition) is 2. The average molecular weight is 289 g/mol. The van der Waals surface area contributed by atoms with E-state index in [4.69, 9.17) is 0 Å². The lowest BCUT2D eigenvalue weighted by Gasteiger charge is -2.26. The van der Waals surface area contributed by atoms with Gasteiger partial charge in [0.05, 0.1) is 11.2 Å². The predicted molar refractivity (Wildman–Crippen MR) is 73.4 cm³/mol. The predicted octanol–water partition coefficient (Wildman–Crippen LogP) is 3.91. The van der Waals surface area contributed by atoms with Crippen molar-refractivity contribution in [2.24, 2.45) is 0 Å². The summed E-state index contributed by atoms with van der Waals surface area (Å²) in [5, 5.41) is 13.1. The van der Waals surface area contributed by atoms with Crippen LogP contribution in [0.25, 0.3) is 0 Å². The van der Waals surface area contributed by atoms with Gasteiger partial charge in [-0.05, 0) is 38.0 Å². The zero-order valence-corrected chi connectivity index (χ0v) is 12.1. The van der Waals surface area contributed by atoms with E-state index >= 15 is 0 Å². The van der Waals surface area contributed by atoms with Crippen LogP contribution < -0.4 is 5.32 Å². The lowest BCUT2D eigenvalue weighted by atomic mass is 9.99. The van der Waals surface area contributed by atoms with E-state index in [2.05, 4.69) is 5.32 Å². The molecule has 2 unspecified atom stereocenters. The van der Waals surface area contributed by atoms with E-state index in [1.54, 1.807) is 19.9 Å². The fourth-order valence-corrected chi connectivity index (χ4v) is 2.10. The van der Waals surface area contributed by atoms with E-state index in [1.807, 2.05) is 6.92 Å². The van der Waals surface area contributed by atoms with E-state index in [9.17, 15) is 18.3 Å². The van der Waals surface area contributed by atoms with Crippen molar-refractivity contribution in [3.63, 3.8) is 0 Å². The molecule has 0 heterocycles. The standard InChI is InChI=1S/C15H22F3NO/c1-4-8-14(3,20)10-19-11(2)12-6-5-7-13(9-12)15(16,17)18/h5-7,9,11,19-20H,4,8,10H2,1-3H3. The first-order chi connectivity index (χ1) is 9.15. The van der Waals surface area contributed by atoms with Crippen molar-refractivity contribution in [1.29, 1.82) is 0 Å². The molecule has 0 aliphatic carbocycles. The third-order valence-corrected chi connectivity index (χ3v) is 3.29. The van der Waals surface area contributed by atoms with E-state index in [0.29, 0.717) is 18.5 Å². The van der Waals surface area contributed by atoms with Crippen LogP contribution in [0, 0.1) is 0 Å². The molecule has 0 saturated carbocycles. The van der Waals surface area contributed by atoms with Crippen LogP contribution in [0.4, 0.5) is 13.2 Å². The summed E-state index contributed by atoms with van der Waals surface area (Å²) in [5.41, 5.74) is -0.930. The molecule has 0 saturated heterocycles. The molecule has 5 heteroatoms. The third-order valence-electron chi connectivity index (χ3n) is 3.29. The first-order valence-corrected chi connectivity index (χ1v) is 6.78. The Balaban J connectivity index is 2.71. The van der Waals surface area contributed by atoms with Gasteiger partial charge < -0.3 is 10.4 Å². The highest BCUT2D eigenvalue weighted by molar-refractivity contribution is 5.27. The van der Waals surface area contributed by atoms with Crippen molar-refractivity contribution in [3.8, 4) is 0 Å². The molecule has 0 bridgehead atoms. The average Bonchev–Trinajstić information content (AvgIpc) is 2.35. The van der Waals surface area contributed by atoms with Crippen molar-refractivity contribution in [1.82, 2.24) is 5.32 Å². The second kappa shape index (κ2) is 6.59. The van der Waals surface area contributed by atoms with E-state index in [-0.39, 0.29) is 6.04 Å². The van der Waals surface area contributed by atoms with Gasteiger partial charge in [0.25, 0.3) is 0 Å². The van der Waals surface area contributed by atoms with Gasteiger partial charge in [-0.25, -0.2) is 0 Å². The highest BCUT2D eigenvalue weighted by Crippen LogP contribution is 2.30. The second-order valence-corrected chi connectivity index (χ2v) is 5.47. The highest BCUT2D eigenvalue weighted by atomic mass is 19.4. The Bertz CT molecular complexity index is 429. The Morgan fingerprint density at radius 1 is 1.30 bits per heavy atom. The number of hydrogen-bond donors (Lipinski definition) is 2. The summed E-state index contributed by atoms with van der Waals surface area (Å²) < 4.78 is 37.9. The molecule has 2 nitrogen and oxygen atoms in total. The maximum atomic E-state index is 12.6. The number of aliphatic hydroxyl groups is 1. The Morgan fingerprint density at radius 3 is 2.50 bits per heavy atom. The van der Waals surface area contributed by atoms with Gasteiger partial charge in [0.15, 0.2) is 0 Å². The Morgan fingerprint density at radius 2 is 1.95 bits per heavy atom. The normalized spacial score (nSPS) is 16.8. The maximum absolute atomic E-state index is 12.6. The van der Waals surface area contributed by atoms with Crippen LogP contribution in [0.15, 0.2) is 24.3 Å². The quantitative estimate of drug-likeness (QED) is 0.832. The molecule has 1 rings (SSSR count). The van der Waals surface area contributed by atoms with E-state index in [0.717, 1.165) is 18.6 Å². The number of benzene rings is 1. The molecule has 0 fully saturated rings. The molecule has 1 aromatic carbocycles. The first-order valence-electron chi connectivity index (χ1n) is 6.78. The number of nitrogens with one attached hydrogen (secondary N) is 1.